The summed E-state index contributed by atoms with van der Waals surface area (Å²) in [6, 6.07) is 0. The third-order valence-electron chi connectivity index (χ3n) is 2.65. The molecule has 0 N–H and O–H groups in total. The predicted octanol–water partition coefficient (Wildman–Crippen LogP) is 2.13. The first-order chi connectivity index (χ1) is 4.41. The van der Waals surface area contributed by atoms with E-state index in [2.05, 4.69) is 6.61 Å². The molecule has 0 bridgehead atoms. The number of hydrogen-bond acceptors (Lipinski definition) is 1. The fourth-order valence-electron chi connectivity index (χ4n) is 2.00. The minimum absolute atomic E-state index is 0.542. The monoisotopic (exact) mass is 125 g/mol. The molecular weight excluding hydrogens is 112 g/mol. The van der Waals surface area contributed by atoms with Gasteiger partial charge in [0.05, 0.1) is 6.61 Å². The predicted molar refractivity (Wildman–Crippen MR) is 35.8 cm³/mol. The van der Waals surface area contributed by atoms with Crippen LogP contribution in [0.1, 0.15) is 32.1 Å². The summed E-state index contributed by atoms with van der Waals surface area (Å²) < 4.78 is 5.26. The zero-order valence-electron chi connectivity index (χ0n) is 5.73. The second-order valence-electron chi connectivity index (χ2n) is 3.31. The average Bonchev–Trinajstić information content (AvgIpc) is 2.45. The third-order valence-corrected chi connectivity index (χ3v) is 2.65. The van der Waals surface area contributed by atoms with Crippen LogP contribution in [0.2, 0.25) is 0 Å². The lowest BCUT2D eigenvalue weighted by atomic mass is 9.86. The van der Waals surface area contributed by atoms with Crippen LogP contribution in [0, 0.1) is 12.0 Å². The van der Waals surface area contributed by atoms with Gasteiger partial charge in [-0.05, 0) is 19.3 Å². The van der Waals surface area contributed by atoms with Gasteiger partial charge in [0, 0.05) is 12.0 Å². The van der Waals surface area contributed by atoms with Crippen LogP contribution >= 0.6 is 0 Å². The minimum atomic E-state index is 0.542. The van der Waals surface area contributed by atoms with E-state index < -0.39 is 0 Å². The summed E-state index contributed by atoms with van der Waals surface area (Å²) in [7, 11) is 0. The molecule has 1 aliphatic carbocycles. The highest BCUT2D eigenvalue weighted by atomic mass is 16.5. The largest absolute Gasteiger partial charge is 0.375 e. The van der Waals surface area contributed by atoms with Crippen LogP contribution < -0.4 is 0 Å². The van der Waals surface area contributed by atoms with E-state index >= 15 is 0 Å². The number of ether oxygens (including phenoxy) is 1. The van der Waals surface area contributed by atoms with Gasteiger partial charge in [0.1, 0.15) is 0 Å². The van der Waals surface area contributed by atoms with Crippen molar-refractivity contribution in [2.24, 2.45) is 5.41 Å². The van der Waals surface area contributed by atoms with Gasteiger partial charge in [-0.3, -0.25) is 0 Å². The van der Waals surface area contributed by atoms with Gasteiger partial charge in [-0.25, -0.2) is 0 Å². The molecule has 0 aromatic heterocycles. The summed E-state index contributed by atoms with van der Waals surface area (Å²) in [4.78, 5) is 0. The molecule has 1 radical (unpaired) electrons. The van der Waals surface area contributed by atoms with Crippen LogP contribution in [0.5, 0.6) is 0 Å². The molecule has 2 fully saturated rings. The molecule has 2 rings (SSSR count). The first-order valence-electron chi connectivity index (χ1n) is 3.87. The Morgan fingerprint density at radius 2 is 1.89 bits per heavy atom. The molecule has 1 spiro atoms. The molecule has 0 unspecified atom stereocenters. The maximum absolute atomic E-state index is 5.26. The Morgan fingerprint density at radius 3 is 2.44 bits per heavy atom. The molecule has 1 saturated heterocycles. The molecule has 9 heavy (non-hydrogen) atoms. The van der Waals surface area contributed by atoms with Crippen molar-refractivity contribution in [2.75, 3.05) is 6.61 Å². The van der Waals surface area contributed by atoms with Crippen LogP contribution in [0.4, 0.5) is 0 Å². The van der Waals surface area contributed by atoms with E-state index in [9.17, 15) is 0 Å². The quantitative estimate of drug-likeness (QED) is 0.482. The molecule has 2 aliphatic rings. The normalized spacial score (nSPS) is 32.0. The zero-order valence-corrected chi connectivity index (χ0v) is 5.73. The van der Waals surface area contributed by atoms with Gasteiger partial charge in [-0.2, -0.15) is 0 Å². The SMILES string of the molecule is [CH]1OCCC12CCCC2. The minimum Gasteiger partial charge on any atom is -0.375 e. The first-order valence-corrected chi connectivity index (χ1v) is 3.87. The van der Waals surface area contributed by atoms with Crippen molar-refractivity contribution in [3.8, 4) is 0 Å². The molecule has 0 aromatic rings. The summed E-state index contributed by atoms with van der Waals surface area (Å²) in [5, 5.41) is 0. The van der Waals surface area contributed by atoms with E-state index in [4.69, 9.17) is 4.74 Å². The topological polar surface area (TPSA) is 9.23 Å². The van der Waals surface area contributed by atoms with E-state index in [1.165, 1.54) is 32.1 Å². The Hall–Kier alpha value is -0.0400. The molecule has 1 heterocycles. The van der Waals surface area contributed by atoms with Crippen molar-refractivity contribution in [3.63, 3.8) is 0 Å². The summed E-state index contributed by atoms with van der Waals surface area (Å²) in [5.74, 6) is 0. The van der Waals surface area contributed by atoms with Gasteiger partial charge in [0.2, 0.25) is 0 Å². The average molecular weight is 125 g/mol. The van der Waals surface area contributed by atoms with Gasteiger partial charge in [0.25, 0.3) is 0 Å². The van der Waals surface area contributed by atoms with E-state index in [0.29, 0.717) is 5.41 Å². The van der Waals surface area contributed by atoms with Gasteiger partial charge in [-0.15, -0.1) is 0 Å². The molecule has 51 valence electrons. The second kappa shape index (κ2) is 1.98. The van der Waals surface area contributed by atoms with Gasteiger partial charge in [-0.1, -0.05) is 12.8 Å². The number of rotatable bonds is 0. The molecule has 0 amide bonds. The van der Waals surface area contributed by atoms with Gasteiger partial charge < -0.3 is 4.74 Å². The van der Waals surface area contributed by atoms with E-state index in [0.717, 1.165) is 6.61 Å². The Bertz CT molecular complexity index is 79.6. The molecule has 1 saturated carbocycles. The van der Waals surface area contributed by atoms with Crippen LogP contribution in [0.25, 0.3) is 0 Å². The fraction of sp³-hybridized carbons (Fsp3) is 0.875. The lowest BCUT2D eigenvalue weighted by molar-refractivity contribution is 0.229. The number of hydrogen-bond donors (Lipinski definition) is 0. The van der Waals surface area contributed by atoms with Crippen molar-refractivity contribution in [2.45, 2.75) is 32.1 Å². The molecule has 1 nitrogen and oxygen atoms in total. The summed E-state index contributed by atoms with van der Waals surface area (Å²) in [6.45, 7) is 3.07. The highest BCUT2D eigenvalue weighted by Crippen LogP contribution is 2.46. The van der Waals surface area contributed by atoms with Gasteiger partial charge in [0.15, 0.2) is 0 Å². The molecule has 1 aliphatic heterocycles. The molecular formula is C8H13O. The van der Waals surface area contributed by atoms with E-state index in [1.54, 1.807) is 0 Å². The fourth-order valence-corrected chi connectivity index (χ4v) is 2.00. The van der Waals surface area contributed by atoms with Crippen LogP contribution in [0.15, 0.2) is 0 Å². The smallest absolute Gasteiger partial charge is 0.0898 e. The maximum Gasteiger partial charge on any atom is 0.0898 e. The highest BCUT2D eigenvalue weighted by Gasteiger charge is 2.37. The Kier molecular flexibility index (Phi) is 1.26. The van der Waals surface area contributed by atoms with Crippen molar-refractivity contribution in [1.29, 1.82) is 0 Å². The molecule has 0 aromatic carbocycles. The van der Waals surface area contributed by atoms with Crippen LogP contribution in [0.3, 0.4) is 0 Å². The standard InChI is InChI=1S/C8H13O/c1-2-4-8(3-1)5-6-9-7-8/h7H,1-6H2. The Balaban J connectivity index is 2.04. The lowest BCUT2D eigenvalue weighted by Crippen LogP contribution is -2.10. The first kappa shape index (κ1) is 5.72. The van der Waals surface area contributed by atoms with Crippen molar-refractivity contribution < 1.29 is 4.74 Å². The van der Waals surface area contributed by atoms with Crippen molar-refractivity contribution in [1.82, 2.24) is 0 Å². The summed E-state index contributed by atoms with van der Waals surface area (Å²) >= 11 is 0. The maximum atomic E-state index is 5.26. The van der Waals surface area contributed by atoms with Crippen molar-refractivity contribution in [3.05, 3.63) is 6.61 Å². The summed E-state index contributed by atoms with van der Waals surface area (Å²) in [5.41, 5.74) is 0.542. The molecule has 0 atom stereocenters. The van der Waals surface area contributed by atoms with Crippen molar-refractivity contribution >= 4 is 0 Å². The van der Waals surface area contributed by atoms with E-state index in [-0.39, 0.29) is 0 Å². The summed E-state index contributed by atoms with van der Waals surface area (Å²) in [6.07, 6.45) is 6.88. The van der Waals surface area contributed by atoms with E-state index in [1.807, 2.05) is 0 Å². The second-order valence-corrected chi connectivity index (χ2v) is 3.31. The lowest BCUT2D eigenvalue weighted by Gasteiger charge is -2.17. The van der Waals surface area contributed by atoms with Crippen LogP contribution in [-0.2, 0) is 4.74 Å². The van der Waals surface area contributed by atoms with Gasteiger partial charge >= 0.3 is 0 Å². The molecule has 1 heteroatoms. The zero-order chi connectivity index (χ0) is 6.16. The Morgan fingerprint density at radius 1 is 1.11 bits per heavy atom. The Labute approximate surface area is 56.4 Å². The van der Waals surface area contributed by atoms with Crippen LogP contribution in [-0.4, -0.2) is 6.61 Å². The highest BCUT2D eigenvalue weighted by molar-refractivity contribution is 4.94. The third kappa shape index (κ3) is 0.877.